The fourth-order valence-corrected chi connectivity index (χ4v) is 1.93. The van der Waals surface area contributed by atoms with E-state index < -0.39 is 17.2 Å². The zero-order valence-corrected chi connectivity index (χ0v) is 10.5. The van der Waals surface area contributed by atoms with Crippen molar-refractivity contribution in [1.82, 2.24) is 4.98 Å². The molecule has 3 nitrogen and oxygen atoms in total. The van der Waals surface area contributed by atoms with Crippen LogP contribution in [-0.4, -0.2) is 17.2 Å². The third-order valence-electron chi connectivity index (χ3n) is 2.93. The maximum atomic E-state index is 13.8. The van der Waals surface area contributed by atoms with Gasteiger partial charge in [0.15, 0.2) is 11.6 Å². The second-order valence-corrected chi connectivity index (χ2v) is 4.23. The first kappa shape index (κ1) is 13.4. The van der Waals surface area contributed by atoms with Crippen LogP contribution < -0.4 is 4.74 Å². The third-order valence-corrected chi connectivity index (χ3v) is 2.93. The van der Waals surface area contributed by atoms with Gasteiger partial charge in [-0.1, -0.05) is 12.1 Å². The van der Waals surface area contributed by atoms with Gasteiger partial charge in [-0.3, -0.25) is 4.98 Å². The Morgan fingerprint density at radius 1 is 1.21 bits per heavy atom. The lowest BCUT2D eigenvalue weighted by Crippen LogP contribution is -2.26. The number of methoxy groups -OCH3 is 1. The highest BCUT2D eigenvalue weighted by atomic mass is 19.2. The molecule has 1 N–H and O–H groups in total. The van der Waals surface area contributed by atoms with E-state index >= 15 is 0 Å². The molecule has 5 heteroatoms. The zero-order chi connectivity index (χ0) is 14.0. The molecule has 1 aromatic heterocycles. The van der Waals surface area contributed by atoms with Crippen LogP contribution in [0.25, 0.3) is 0 Å². The SMILES string of the molecule is COc1cccnc1C(C)(O)c1cccc(F)c1F. The van der Waals surface area contributed by atoms with Gasteiger partial charge in [0.1, 0.15) is 17.0 Å². The molecular weight excluding hydrogens is 252 g/mol. The monoisotopic (exact) mass is 265 g/mol. The number of aliphatic hydroxyl groups is 1. The summed E-state index contributed by atoms with van der Waals surface area (Å²) in [4.78, 5) is 4.00. The van der Waals surface area contributed by atoms with Gasteiger partial charge in [-0.2, -0.15) is 0 Å². The van der Waals surface area contributed by atoms with Crippen molar-refractivity contribution >= 4 is 0 Å². The minimum absolute atomic E-state index is 0.127. The Hall–Kier alpha value is -2.01. The molecule has 0 aliphatic heterocycles. The molecular formula is C14H13F2NO2. The average molecular weight is 265 g/mol. The van der Waals surface area contributed by atoms with E-state index in [1.807, 2.05) is 0 Å². The van der Waals surface area contributed by atoms with Crippen molar-refractivity contribution in [2.45, 2.75) is 12.5 Å². The van der Waals surface area contributed by atoms with Crippen molar-refractivity contribution in [1.29, 1.82) is 0 Å². The fourth-order valence-electron chi connectivity index (χ4n) is 1.93. The largest absolute Gasteiger partial charge is 0.495 e. The summed E-state index contributed by atoms with van der Waals surface area (Å²) < 4.78 is 32.2. The van der Waals surface area contributed by atoms with Crippen LogP contribution in [0.3, 0.4) is 0 Å². The average Bonchev–Trinajstić information content (AvgIpc) is 2.41. The summed E-state index contributed by atoms with van der Waals surface area (Å²) in [6, 6.07) is 6.85. The number of hydrogen-bond donors (Lipinski definition) is 1. The summed E-state index contributed by atoms with van der Waals surface area (Å²) in [5.41, 5.74) is -1.86. The highest BCUT2D eigenvalue weighted by molar-refractivity contribution is 5.40. The molecule has 1 heterocycles. The van der Waals surface area contributed by atoms with E-state index in [0.29, 0.717) is 5.75 Å². The van der Waals surface area contributed by atoms with Crippen LogP contribution in [0, 0.1) is 11.6 Å². The van der Waals surface area contributed by atoms with Crippen LogP contribution >= 0.6 is 0 Å². The number of hydrogen-bond acceptors (Lipinski definition) is 3. The van der Waals surface area contributed by atoms with Gasteiger partial charge in [0.25, 0.3) is 0 Å². The van der Waals surface area contributed by atoms with E-state index in [1.165, 1.54) is 32.4 Å². The van der Waals surface area contributed by atoms with E-state index in [1.54, 1.807) is 12.1 Å². The topological polar surface area (TPSA) is 42.4 Å². The van der Waals surface area contributed by atoms with Crippen molar-refractivity contribution in [3.8, 4) is 5.75 Å². The predicted molar refractivity (Wildman–Crippen MR) is 65.8 cm³/mol. The molecule has 0 radical (unpaired) electrons. The normalized spacial score (nSPS) is 13.9. The first-order valence-electron chi connectivity index (χ1n) is 5.65. The predicted octanol–water partition coefficient (Wildman–Crippen LogP) is 2.62. The van der Waals surface area contributed by atoms with Crippen LogP contribution in [0.15, 0.2) is 36.5 Å². The summed E-state index contributed by atoms with van der Waals surface area (Å²) in [6.07, 6.45) is 1.45. The van der Waals surface area contributed by atoms with E-state index in [4.69, 9.17) is 4.74 Å². The number of ether oxygens (including phenoxy) is 1. The minimum atomic E-state index is -1.79. The van der Waals surface area contributed by atoms with Crippen LogP contribution in [0.5, 0.6) is 5.75 Å². The Morgan fingerprint density at radius 3 is 2.63 bits per heavy atom. The van der Waals surface area contributed by atoms with Crippen molar-refractivity contribution in [3.63, 3.8) is 0 Å². The van der Waals surface area contributed by atoms with Crippen LogP contribution in [0.1, 0.15) is 18.2 Å². The lowest BCUT2D eigenvalue weighted by Gasteiger charge is -2.25. The number of benzene rings is 1. The molecule has 0 fully saturated rings. The lowest BCUT2D eigenvalue weighted by molar-refractivity contribution is 0.0889. The fraction of sp³-hybridized carbons (Fsp3) is 0.214. The minimum Gasteiger partial charge on any atom is -0.495 e. The Morgan fingerprint density at radius 2 is 1.95 bits per heavy atom. The van der Waals surface area contributed by atoms with Gasteiger partial charge in [-0.05, 0) is 25.1 Å². The first-order chi connectivity index (χ1) is 8.98. The summed E-state index contributed by atoms with van der Waals surface area (Å²) in [5, 5.41) is 10.5. The van der Waals surface area contributed by atoms with Gasteiger partial charge >= 0.3 is 0 Å². The Bertz CT molecular complexity index is 600. The summed E-state index contributed by atoms with van der Waals surface area (Å²) in [7, 11) is 1.42. The number of pyridine rings is 1. The van der Waals surface area contributed by atoms with Gasteiger partial charge in [0.05, 0.1) is 7.11 Å². The number of halogens is 2. The number of nitrogens with zero attached hydrogens (tertiary/aromatic N) is 1. The maximum absolute atomic E-state index is 13.8. The molecule has 19 heavy (non-hydrogen) atoms. The van der Waals surface area contributed by atoms with Crippen LogP contribution in [0.4, 0.5) is 8.78 Å². The van der Waals surface area contributed by atoms with Gasteiger partial charge in [-0.15, -0.1) is 0 Å². The van der Waals surface area contributed by atoms with Crippen molar-refractivity contribution < 1.29 is 18.6 Å². The van der Waals surface area contributed by atoms with Crippen LogP contribution in [-0.2, 0) is 5.60 Å². The van der Waals surface area contributed by atoms with Crippen molar-refractivity contribution in [2.24, 2.45) is 0 Å². The number of aromatic nitrogens is 1. The molecule has 0 aliphatic rings. The summed E-state index contributed by atoms with van der Waals surface area (Å²) in [6.45, 7) is 1.34. The van der Waals surface area contributed by atoms with E-state index in [9.17, 15) is 13.9 Å². The molecule has 1 unspecified atom stereocenters. The van der Waals surface area contributed by atoms with Gasteiger partial charge in [0, 0.05) is 11.8 Å². The van der Waals surface area contributed by atoms with Crippen molar-refractivity contribution in [2.75, 3.05) is 7.11 Å². The maximum Gasteiger partial charge on any atom is 0.165 e. The molecule has 100 valence electrons. The Balaban J connectivity index is 2.62. The van der Waals surface area contributed by atoms with Gasteiger partial charge < -0.3 is 9.84 Å². The third kappa shape index (κ3) is 2.29. The smallest absolute Gasteiger partial charge is 0.165 e. The highest BCUT2D eigenvalue weighted by Gasteiger charge is 2.34. The molecule has 0 aliphatic carbocycles. The molecule has 2 rings (SSSR count). The molecule has 0 spiro atoms. The molecule has 2 aromatic rings. The van der Waals surface area contributed by atoms with E-state index in [-0.39, 0.29) is 11.3 Å². The van der Waals surface area contributed by atoms with E-state index in [0.717, 1.165) is 6.07 Å². The zero-order valence-electron chi connectivity index (χ0n) is 10.5. The van der Waals surface area contributed by atoms with Gasteiger partial charge in [0.2, 0.25) is 0 Å². The molecule has 0 saturated carbocycles. The molecule has 0 amide bonds. The van der Waals surface area contributed by atoms with Gasteiger partial charge in [-0.25, -0.2) is 8.78 Å². The quantitative estimate of drug-likeness (QED) is 0.927. The molecule has 0 bridgehead atoms. The van der Waals surface area contributed by atoms with E-state index in [2.05, 4.69) is 4.98 Å². The molecule has 1 aromatic carbocycles. The lowest BCUT2D eigenvalue weighted by atomic mass is 9.91. The highest BCUT2D eigenvalue weighted by Crippen LogP contribution is 2.35. The molecule has 1 atom stereocenters. The number of rotatable bonds is 3. The second-order valence-electron chi connectivity index (χ2n) is 4.23. The van der Waals surface area contributed by atoms with Crippen molar-refractivity contribution in [3.05, 3.63) is 59.4 Å². The first-order valence-corrected chi connectivity index (χ1v) is 5.65. The summed E-state index contributed by atoms with van der Waals surface area (Å²) >= 11 is 0. The second kappa shape index (κ2) is 4.93. The Kier molecular flexibility index (Phi) is 3.48. The van der Waals surface area contributed by atoms with Crippen LogP contribution in [0.2, 0.25) is 0 Å². The molecule has 0 saturated heterocycles. The standard InChI is InChI=1S/C14H13F2NO2/c1-14(18,9-5-3-6-10(15)12(9)16)13-11(19-2)7-4-8-17-13/h3-8,18H,1-2H3. The summed E-state index contributed by atoms with van der Waals surface area (Å²) in [5.74, 6) is -1.82. The Labute approximate surface area is 109 Å².